The molecule has 5 nitrogen and oxygen atoms in total. The molecule has 1 aromatic heterocycles. The van der Waals surface area contributed by atoms with E-state index in [2.05, 4.69) is 22.0 Å². The van der Waals surface area contributed by atoms with Gasteiger partial charge in [-0.3, -0.25) is 4.90 Å². The average molecular weight is 293 g/mol. The maximum Gasteiger partial charge on any atom is 0.223 e. The predicted molar refractivity (Wildman–Crippen MR) is 80.0 cm³/mol. The molecule has 118 valence electrons. The van der Waals surface area contributed by atoms with Crippen LogP contribution in [0.3, 0.4) is 0 Å². The van der Waals surface area contributed by atoms with Crippen LogP contribution in [-0.2, 0) is 4.74 Å². The third-order valence-corrected chi connectivity index (χ3v) is 4.95. The molecule has 2 fully saturated rings. The minimum Gasteiger partial charge on any atom is -0.377 e. The monoisotopic (exact) mass is 293 g/mol. The molecule has 3 rings (SSSR count). The molecule has 1 aliphatic carbocycles. The van der Waals surface area contributed by atoms with Gasteiger partial charge in [0.2, 0.25) is 5.89 Å². The van der Waals surface area contributed by atoms with E-state index in [1.54, 1.807) is 0 Å². The molecule has 0 N–H and O–H groups in total. The molecule has 3 unspecified atom stereocenters. The third-order valence-electron chi connectivity index (χ3n) is 4.95. The van der Waals surface area contributed by atoms with Crippen LogP contribution in [0.25, 0.3) is 0 Å². The van der Waals surface area contributed by atoms with Crippen molar-refractivity contribution in [3.8, 4) is 0 Å². The molecule has 2 heterocycles. The van der Waals surface area contributed by atoms with Crippen molar-refractivity contribution >= 4 is 0 Å². The molecule has 1 saturated carbocycles. The highest BCUT2D eigenvalue weighted by Crippen LogP contribution is 2.30. The van der Waals surface area contributed by atoms with Gasteiger partial charge in [-0.2, -0.15) is 4.98 Å². The summed E-state index contributed by atoms with van der Waals surface area (Å²) in [6.45, 7) is 7.08. The van der Waals surface area contributed by atoms with Crippen LogP contribution in [0.1, 0.15) is 63.2 Å². The van der Waals surface area contributed by atoms with Crippen LogP contribution in [0.5, 0.6) is 0 Å². The van der Waals surface area contributed by atoms with Gasteiger partial charge in [-0.1, -0.05) is 24.9 Å². The molecule has 1 aromatic rings. The summed E-state index contributed by atoms with van der Waals surface area (Å²) in [6, 6.07) is 0.315. The van der Waals surface area contributed by atoms with Crippen LogP contribution in [0.4, 0.5) is 0 Å². The third kappa shape index (κ3) is 3.64. The Hall–Kier alpha value is -0.940. The Balaban J connectivity index is 1.48. The number of aromatic nitrogens is 2. The lowest BCUT2D eigenvalue weighted by atomic mass is 9.88. The van der Waals surface area contributed by atoms with Crippen molar-refractivity contribution in [2.45, 2.75) is 64.5 Å². The first-order valence-corrected chi connectivity index (χ1v) is 8.40. The Kier molecular flexibility index (Phi) is 4.91. The second-order valence-corrected chi connectivity index (χ2v) is 6.54. The molecule has 0 radical (unpaired) electrons. The molecule has 1 aliphatic heterocycles. The molecule has 5 heteroatoms. The first-order valence-electron chi connectivity index (χ1n) is 8.40. The smallest absolute Gasteiger partial charge is 0.223 e. The van der Waals surface area contributed by atoms with Gasteiger partial charge in [0.25, 0.3) is 0 Å². The summed E-state index contributed by atoms with van der Waals surface area (Å²) in [4.78, 5) is 6.83. The first-order chi connectivity index (χ1) is 10.2. The second-order valence-electron chi connectivity index (χ2n) is 6.54. The average Bonchev–Trinajstić information content (AvgIpc) is 3.09. The Bertz CT molecular complexity index is 448. The van der Waals surface area contributed by atoms with Crippen LogP contribution in [0.15, 0.2) is 4.52 Å². The van der Waals surface area contributed by atoms with E-state index in [4.69, 9.17) is 9.26 Å². The molecule has 0 amide bonds. The van der Waals surface area contributed by atoms with Gasteiger partial charge in [0, 0.05) is 13.5 Å². The molecule has 1 saturated heterocycles. The van der Waals surface area contributed by atoms with Gasteiger partial charge < -0.3 is 9.26 Å². The molecular formula is C16H27N3O2. The lowest BCUT2D eigenvalue weighted by Crippen LogP contribution is -2.32. The Morgan fingerprint density at radius 3 is 2.86 bits per heavy atom. The van der Waals surface area contributed by atoms with Gasteiger partial charge in [-0.05, 0) is 38.1 Å². The number of rotatable bonds is 5. The summed E-state index contributed by atoms with van der Waals surface area (Å²) >= 11 is 0. The minimum absolute atomic E-state index is 0.315. The van der Waals surface area contributed by atoms with E-state index in [-0.39, 0.29) is 0 Å². The van der Waals surface area contributed by atoms with E-state index < -0.39 is 0 Å². The predicted octanol–water partition coefficient (Wildman–Crippen LogP) is 3.11. The highest BCUT2D eigenvalue weighted by molar-refractivity contribution is 4.97. The maximum atomic E-state index is 6.14. The molecule has 0 spiro atoms. The van der Waals surface area contributed by atoms with Crippen molar-refractivity contribution in [3.05, 3.63) is 11.7 Å². The minimum atomic E-state index is 0.315. The summed E-state index contributed by atoms with van der Waals surface area (Å²) in [5, 5.41) is 4.09. The Morgan fingerprint density at radius 1 is 1.24 bits per heavy atom. The highest BCUT2D eigenvalue weighted by atomic mass is 16.5. The number of nitrogens with zero attached hydrogens (tertiary/aromatic N) is 3. The molecule has 2 aliphatic rings. The van der Waals surface area contributed by atoms with Crippen molar-refractivity contribution in [1.29, 1.82) is 0 Å². The second kappa shape index (κ2) is 6.88. The van der Waals surface area contributed by atoms with Gasteiger partial charge in [-0.25, -0.2) is 0 Å². The number of aryl methyl sites for hydroxylation is 1. The fourth-order valence-corrected chi connectivity index (χ4v) is 3.69. The topological polar surface area (TPSA) is 51.4 Å². The van der Waals surface area contributed by atoms with E-state index in [0.717, 1.165) is 31.9 Å². The normalized spacial score (nSPS) is 30.9. The van der Waals surface area contributed by atoms with Crippen molar-refractivity contribution in [3.63, 3.8) is 0 Å². The Morgan fingerprint density at radius 2 is 2.10 bits per heavy atom. The van der Waals surface area contributed by atoms with Crippen LogP contribution in [-0.4, -0.2) is 40.8 Å². The molecule has 0 bridgehead atoms. The first kappa shape index (κ1) is 15.0. The summed E-state index contributed by atoms with van der Waals surface area (Å²) in [6.07, 6.45) is 8.04. The largest absolute Gasteiger partial charge is 0.377 e. The molecule has 3 atom stereocenters. The van der Waals surface area contributed by atoms with Crippen molar-refractivity contribution in [2.75, 3.05) is 19.7 Å². The highest BCUT2D eigenvalue weighted by Gasteiger charge is 2.30. The van der Waals surface area contributed by atoms with Crippen LogP contribution in [0.2, 0.25) is 0 Å². The van der Waals surface area contributed by atoms with Gasteiger partial charge >= 0.3 is 0 Å². The maximum absolute atomic E-state index is 6.14. The zero-order valence-electron chi connectivity index (χ0n) is 13.3. The molecule has 0 aromatic carbocycles. The number of likely N-dealkylation sites (tertiary alicyclic amines) is 1. The van der Waals surface area contributed by atoms with Crippen molar-refractivity contribution in [1.82, 2.24) is 15.0 Å². The SMILES string of the molecule is Cc1nc(C2CCCN2CCOC2CCCCC2C)no1. The number of ether oxygens (including phenoxy) is 1. The fourth-order valence-electron chi connectivity index (χ4n) is 3.69. The van der Waals surface area contributed by atoms with Crippen molar-refractivity contribution < 1.29 is 9.26 Å². The molecular weight excluding hydrogens is 266 g/mol. The van der Waals surface area contributed by atoms with E-state index in [1.807, 2.05) is 6.92 Å². The summed E-state index contributed by atoms with van der Waals surface area (Å²) < 4.78 is 11.3. The van der Waals surface area contributed by atoms with Gasteiger partial charge in [0.05, 0.1) is 18.8 Å². The summed E-state index contributed by atoms with van der Waals surface area (Å²) in [7, 11) is 0. The lowest BCUT2D eigenvalue weighted by Gasteiger charge is -2.30. The van der Waals surface area contributed by atoms with E-state index in [0.29, 0.717) is 24.0 Å². The van der Waals surface area contributed by atoms with Gasteiger partial charge in [0.15, 0.2) is 5.82 Å². The quantitative estimate of drug-likeness (QED) is 0.835. The van der Waals surface area contributed by atoms with Gasteiger partial charge in [0.1, 0.15) is 0 Å². The van der Waals surface area contributed by atoms with E-state index in [9.17, 15) is 0 Å². The standard InChI is InChI=1S/C16H27N3O2/c1-12-6-3-4-8-15(12)20-11-10-19-9-5-7-14(19)16-17-13(2)21-18-16/h12,14-15H,3-11H2,1-2H3. The van der Waals surface area contributed by atoms with E-state index in [1.165, 1.54) is 32.1 Å². The number of hydrogen-bond donors (Lipinski definition) is 0. The van der Waals surface area contributed by atoms with E-state index >= 15 is 0 Å². The summed E-state index contributed by atoms with van der Waals surface area (Å²) in [5.74, 6) is 2.22. The van der Waals surface area contributed by atoms with Crippen LogP contribution in [0, 0.1) is 12.8 Å². The van der Waals surface area contributed by atoms with Crippen LogP contribution >= 0.6 is 0 Å². The lowest BCUT2D eigenvalue weighted by molar-refractivity contribution is -0.0153. The van der Waals surface area contributed by atoms with Crippen molar-refractivity contribution in [2.24, 2.45) is 5.92 Å². The zero-order chi connectivity index (χ0) is 14.7. The van der Waals surface area contributed by atoms with Crippen LogP contribution < -0.4 is 0 Å². The number of hydrogen-bond acceptors (Lipinski definition) is 5. The fraction of sp³-hybridized carbons (Fsp3) is 0.875. The van der Waals surface area contributed by atoms with Gasteiger partial charge in [-0.15, -0.1) is 0 Å². The summed E-state index contributed by atoms with van der Waals surface area (Å²) in [5.41, 5.74) is 0. The zero-order valence-corrected chi connectivity index (χ0v) is 13.3. The molecule has 21 heavy (non-hydrogen) atoms. The Labute approximate surface area is 127 Å².